The average molecular weight is 427 g/mol. The lowest BCUT2D eigenvalue weighted by Gasteiger charge is -2.07. The number of aromatic nitrogens is 1. The lowest BCUT2D eigenvalue weighted by Crippen LogP contribution is -1.87. The van der Waals surface area contributed by atoms with E-state index < -0.39 is 0 Å². The monoisotopic (exact) mass is 426 g/mol. The second-order valence-corrected chi connectivity index (χ2v) is 6.37. The van der Waals surface area contributed by atoms with Crippen LogP contribution in [0.25, 0.3) is 22.4 Å². The molecule has 0 fully saturated rings. The van der Waals surface area contributed by atoms with Crippen LogP contribution in [0.5, 0.6) is 0 Å². The maximum atomic E-state index is 6.27. The van der Waals surface area contributed by atoms with Crippen molar-refractivity contribution in [3.05, 3.63) is 57.9 Å². The summed E-state index contributed by atoms with van der Waals surface area (Å²) in [5, 5.41) is 1.43. The summed E-state index contributed by atoms with van der Waals surface area (Å²) in [7, 11) is 0. The van der Waals surface area contributed by atoms with Gasteiger partial charge in [-0.1, -0.05) is 48.0 Å². The van der Waals surface area contributed by atoms with Gasteiger partial charge in [0.15, 0.2) is 5.13 Å². The van der Waals surface area contributed by atoms with Crippen LogP contribution >= 0.6 is 46.9 Å². The maximum absolute atomic E-state index is 6.27. The van der Waals surface area contributed by atoms with Gasteiger partial charge in [0, 0.05) is 27.4 Å². The average Bonchev–Trinajstić information content (AvgIpc) is 2.94. The number of anilines is 1. The normalized spacial score (nSPS) is 11.7. The van der Waals surface area contributed by atoms with Gasteiger partial charge in [-0.25, -0.2) is 4.98 Å². The van der Waals surface area contributed by atoms with Crippen LogP contribution < -0.4 is 5.73 Å². The van der Waals surface area contributed by atoms with E-state index in [2.05, 4.69) is 23.2 Å². The van der Waals surface area contributed by atoms with E-state index in [-0.39, 0.29) is 24.0 Å². The van der Waals surface area contributed by atoms with Gasteiger partial charge < -0.3 is 5.73 Å². The van der Waals surface area contributed by atoms with E-state index in [1.807, 2.05) is 24.3 Å². The van der Waals surface area contributed by atoms with Crippen molar-refractivity contribution in [1.82, 2.24) is 4.98 Å². The molecule has 1 aliphatic carbocycles. The van der Waals surface area contributed by atoms with Gasteiger partial charge in [-0.2, -0.15) is 0 Å². The molecule has 2 nitrogen and oxygen atoms in total. The Balaban J connectivity index is 0.00000132. The first-order valence-electron chi connectivity index (χ1n) is 6.36. The summed E-state index contributed by atoms with van der Waals surface area (Å²) >= 11 is 7.85. The molecule has 5 heteroatoms. The van der Waals surface area contributed by atoms with Crippen LogP contribution in [-0.4, -0.2) is 4.98 Å². The first-order chi connectivity index (χ1) is 9.72. The van der Waals surface area contributed by atoms with Gasteiger partial charge in [-0.05, 0) is 17.2 Å². The molecule has 0 bridgehead atoms. The molecule has 21 heavy (non-hydrogen) atoms. The highest BCUT2D eigenvalue weighted by Gasteiger charge is 2.23. The third-order valence-electron chi connectivity index (χ3n) is 3.61. The summed E-state index contributed by atoms with van der Waals surface area (Å²) in [6.07, 6.45) is 0.915. The third-order valence-corrected chi connectivity index (χ3v) is 4.82. The third kappa shape index (κ3) is 2.45. The summed E-state index contributed by atoms with van der Waals surface area (Å²) in [5.41, 5.74) is 11.5. The lowest BCUT2D eigenvalue weighted by atomic mass is 10.00. The molecule has 0 saturated carbocycles. The molecule has 0 unspecified atom stereocenters. The molecule has 0 saturated heterocycles. The summed E-state index contributed by atoms with van der Waals surface area (Å²) in [6.45, 7) is 0. The van der Waals surface area contributed by atoms with Gasteiger partial charge in [0.2, 0.25) is 0 Å². The number of halogens is 2. The number of fused-ring (bicyclic) bond motifs is 3. The van der Waals surface area contributed by atoms with Crippen molar-refractivity contribution in [2.45, 2.75) is 6.42 Å². The number of rotatable bonds is 1. The van der Waals surface area contributed by atoms with Crippen LogP contribution in [0.2, 0.25) is 5.02 Å². The Hall–Kier alpha value is -1.11. The Kier molecular flexibility index (Phi) is 3.94. The Labute approximate surface area is 149 Å². The predicted molar refractivity (Wildman–Crippen MR) is 101 cm³/mol. The standard InChI is InChI=1S/C16H11ClN2S.HI/c17-13-4-2-1-3-11(13)9-5-6-12-10(7-9)8-14-15(12)19-16(18)20-14;/h1-7H,8H2,(H2,18,19);1H. The number of nitrogens with two attached hydrogens (primary N) is 1. The van der Waals surface area contributed by atoms with Crippen molar-refractivity contribution in [2.24, 2.45) is 0 Å². The minimum Gasteiger partial charge on any atom is -0.375 e. The summed E-state index contributed by atoms with van der Waals surface area (Å²) in [4.78, 5) is 5.68. The van der Waals surface area contributed by atoms with Crippen LogP contribution in [0.15, 0.2) is 42.5 Å². The van der Waals surface area contributed by atoms with E-state index in [0.717, 1.165) is 28.3 Å². The molecule has 0 atom stereocenters. The Morgan fingerprint density at radius 1 is 1.10 bits per heavy atom. The first-order valence-corrected chi connectivity index (χ1v) is 7.55. The molecule has 1 aliphatic rings. The minimum atomic E-state index is 0. The largest absolute Gasteiger partial charge is 0.375 e. The Morgan fingerprint density at radius 2 is 1.90 bits per heavy atom. The maximum Gasteiger partial charge on any atom is 0.180 e. The summed E-state index contributed by atoms with van der Waals surface area (Å²) in [6, 6.07) is 14.4. The van der Waals surface area contributed by atoms with Crippen LogP contribution in [-0.2, 0) is 6.42 Å². The molecular formula is C16H12ClIN2S. The highest BCUT2D eigenvalue weighted by Crippen LogP contribution is 2.42. The number of hydrogen-bond donors (Lipinski definition) is 1. The molecule has 2 N–H and O–H groups in total. The zero-order chi connectivity index (χ0) is 13.7. The molecule has 4 rings (SSSR count). The molecule has 0 radical (unpaired) electrons. The van der Waals surface area contributed by atoms with Crippen molar-refractivity contribution in [3.8, 4) is 22.4 Å². The highest BCUT2D eigenvalue weighted by molar-refractivity contribution is 14.0. The van der Waals surface area contributed by atoms with Crippen molar-refractivity contribution in [1.29, 1.82) is 0 Å². The van der Waals surface area contributed by atoms with E-state index in [1.54, 1.807) is 11.3 Å². The number of thiazole rings is 1. The zero-order valence-corrected chi connectivity index (χ0v) is 14.9. The van der Waals surface area contributed by atoms with E-state index in [1.165, 1.54) is 16.0 Å². The second-order valence-electron chi connectivity index (χ2n) is 4.85. The van der Waals surface area contributed by atoms with Crippen LogP contribution in [0.4, 0.5) is 5.13 Å². The summed E-state index contributed by atoms with van der Waals surface area (Å²) < 4.78 is 0. The number of nitrogen functional groups attached to an aromatic ring is 1. The van der Waals surface area contributed by atoms with Crippen molar-refractivity contribution < 1.29 is 0 Å². The smallest absolute Gasteiger partial charge is 0.180 e. The topological polar surface area (TPSA) is 38.9 Å². The van der Waals surface area contributed by atoms with Crippen molar-refractivity contribution >= 4 is 52.0 Å². The van der Waals surface area contributed by atoms with Crippen molar-refractivity contribution in [3.63, 3.8) is 0 Å². The molecule has 1 heterocycles. The number of benzene rings is 2. The molecule has 106 valence electrons. The molecular weight excluding hydrogens is 415 g/mol. The Bertz CT molecular complexity index is 829. The van der Waals surface area contributed by atoms with E-state index in [9.17, 15) is 0 Å². The zero-order valence-electron chi connectivity index (χ0n) is 11.0. The van der Waals surface area contributed by atoms with Gasteiger partial charge in [0.05, 0.1) is 5.69 Å². The van der Waals surface area contributed by atoms with Crippen LogP contribution in [0.3, 0.4) is 0 Å². The van der Waals surface area contributed by atoms with E-state index in [4.69, 9.17) is 17.3 Å². The van der Waals surface area contributed by atoms with Crippen molar-refractivity contribution in [2.75, 3.05) is 5.73 Å². The fraction of sp³-hybridized carbons (Fsp3) is 0.0625. The fourth-order valence-corrected chi connectivity index (χ4v) is 3.82. The first kappa shape index (κ1) is 14.8. The summed E-state index contributed by atoms with van der Waals surface area (Å²) in [5.74, 6) is 0. The van der Waals surface area contributed by atoms with Gasteiger partial charge in [0.1, 0.15) is 0 Å². The molecule has 0 amide bonds. The van der Waals surface area contributed by atoms with E-state index >= 15 is 0 Å². The molecule has 1 aromatic heterocycles. The quantitative estimate of drug-likeness (QED) is 0.423. The number of hydrogen-bond acceptors (Lipinski definition) is 3. The van der Waals surface area contributed by atoms with Gasteiger partial charge in [0.25, 0.3) is 0 Å². The molecule has 0 spiro atoms. The van der Waals surface area contributed by atoms with Crippen LogP contribution in [0, 0.1) is 0 Å². The van der Waals surface area contributed by atoms with Gasteiger partial charge >= 0.3 is 0 Å². The molecule has 2 aromatic carbocycles. The highest BCUT2D eigenvalue weighted by atomic mass is 127. The lowest BCUT2D eigenvalue weighted by molar-refractivity contribution is 1.31. The molecule has 3 aromatic rings. The predicted octanol–water partition coefficient (Wildman–Crippen LogP) is 5.23. The fourth-order valence-electron chi connectivity index (χ4n) is 2.71. The minimum absolute atomic E-state index is 0. The molecule has 0 aliphatic heterocycles. The van der Waals surface area contributed by atoms with E-state index in [0.29, 0.717) is 5.13 Å². The van der Waals surface area contributed by atoms with Gasteiger partial charge in [-0.15, -0.1) is 35.3 Å². The van der Waals surface area contributed by atoms with Crippen LogP contribution in [0.1, 0.15) is 10.4 Å². The second kappa shape index (κ2) is 5.59. The van der Waals surface area contributed by atoms with Gasteiger partial charge in [-0.3, -0.25) is 0 Å². The Morgan fingerprint density at radius 3 is 2.71 bits per heavy atom. The number of nitrogens with zero attached hydrogens (tertiary/aromatic N) is 1. The SMILES string of the molecule is I.Nc1nc2c(s1)Cc1cc(-c3ccccc3Cl)ccc1-2.